The molecule has 11 heteroatoms. The van der Waals surface area contributed by atoms with Gasteiger partial charge in [-0.2, -0.15) is 5.10 Å². The van der Waals surface area contributed by atoms with Crippen molar-refractivity contribution in [3.8, 4) is 5.75 Å². The minimum atomic E-state index is -0.668. The van der Waals surface area contributed by atoms with E-state index in [0.717, 1.165) is 0 Å². The summed E-state index contributed by atoms with van der Waals surface area (Å²) < 4.78 is 5.87. The molecule has 0 aliphatic heterocycles. The van der Waals surface area contributed by atoms with Crippen molar-refractivity contribution in [2.45, 2.75) is 0 Å². The van der Waals surface area contributed by atoms with E-state index in [9.17, 15) is 9.90 Å². The number of benzene rings is 1. The molecule has 1 aromatic carbocycles. The number of hydrogen-bond acceptors (Lipinski definition) is 7. The van der Waals surface area contributed by atoms with Crippen molar-refractivity contribution in [2.75, 3.05) is 5.73 Å². The van der Waals surface area contributed by atoms with E-state index in [1.807, 2.05) is 0 Å². The predicted molar refractivity (Wildman–Crippen MR) is 85.0 cm³/mol. The molecule has 21 heavy (non-hydrogen) atoms. The number of nitrogens with one attached hydrogen (secondary N) is 1. The third-order valence-corrected chi connectivity index (χ3v) is 4.33. The Labute approximate surface area is 143 Å². The summed E-state index contributed by atoms with van der Waals surface area (Å²) in [4.78, 5) is 11.7. The molecular formula is C10H6Br3N5O3. The SMILES string of the molecule is Nc1nonc1C(=O)N/N=C\c1c(Br)cc(Br)c(O)c1Br. The van der Waals surface area contributed by atoms with Crippen molar-refractivity contribution in [3.63, 3.8) is 0 Å². The quantitative estimate of drug-likeness (QED) is 0.454. The number of halogens is 3. The van der Waals surface area contributed by atoms with E-state index in [4.69, 9.17) is 5.73 Å². The van der Waals surface area contributed by atoms with Gasteiger partial charge in [-0.1, -0.05) is 15.9 Å². The summed E-state index contributed by atoms with van der Waals surface area (Å²) in [6.45, 7) is 0. The van der Waals surface area contributed by atoms with E-state index < -0.39 is 5.91 Å². The van der Waals surface area contributed by atoms with Crippen LogP contribution >= 0.6 is 47.8 Å². The second kappa shape index (κ2) is 6.54. The number of phenols is 1. The van der Waals surface area contributed by atoms with Gasteiger partial charge in [0, 0.05) is 10.0 Å². The Bertz CT molecular complexity index is 731. The molecule has 0 atom stereocenters. The van der Waals surface area contributed by atoms with Crippen molar-refractivity contribution in [1.29, 1.82) is 0 Å². The maximum atomic E-state index is 11.7. The third kappa shape index (κ3) is 3.41. The molecule has 0 aliphatic carbocycles. The topological polar surface area (TPSA) is 127 Å². The molecule has 2 rings (SSSR count). The molecule has 0 fully saturated rings. The summed E-state index contributed by atoms with van der Waals surface area (Å²) >= 11 is 9.74. The van der Waals surface area contributed by atoms with Crippen LogP contribution in [0.15, 0.2) is 29.2 Å². The zero-order valence-electron chi connectivity index (χ0n) is 9.97. The van der Waals surface area contributed by atoms with Crippen molar-refractivity contribution < 1.29 is 14.5 Å². The average Bonchev–Trinajstić information content (AvgIpc) is 2.86. The van der Waals surface area contributed by atoms with E-state index in [2.05, 4.69) is 73.3 Å². The lowest BCUT2D eigenvalue weighted by Crippen LogP contribution is -2.19. The van der Waals surface area contributed by atoms with Crippen LogP contribution in [0, 0.1) is 0 Å². The fourth-order valence-corrected chi connectivity index (χ4v) is 3.60. The van der Waals surface area contributed by atoms with Gasteiger partial charge in [0.1, 0.15) is 5.75 Å². The van der Waals surface area contributed by atoms with Crippen LogP contribution in [-0.2, 0) is 0 Å². The number of hydrazone groups is 1. The van der Waals surface area contributed by atoms with Crippen molar-refractivity contribution >= 4 is 65.7 Å². The summed E-state index contributed by atoms with van der Waals surface area (Å²) in [5.74, 6) is -0.791. The number of nitrogens with two attached hydrogens (primary N) is 1. The molecule has 4 N–H and O–H groups in total. The summed E-state index contributed by atoms with van der Waals surface area (Å²) in [5, 5.41) is 20.2. The van der Waals surface area contributed by atoms with Crippen LogP contribution < -0.4 is 11.2 Å². The highest BCUT2D eigenvalue weighted by molar-refractivity contribution is 9.11. The Balaban J connectivity index is 2.18. The van der Waals surface area contributed by atoms with E-state index in [1.165, 1.54) is 6.21 Å². The van der Waals surface area contributed by atoms with Gasteiger partial charge in [0.2, 0.25) is 11.5 Å². The predicted octanol–water partition coefficient (Wildman–Crippen LogP) is 2.41. The molecule has 1 heterocycles. The second-order valence-electron chi connectivity index (χ2n) is 3.61. The fraction of sp³-hybridized carbons (Fsp3) is 0. The zero-order valence-corrected chi connectivity index (χ0v) is 14.7. The molecule has 110 valence electrons. The highest BCUT2D eigenvalue weighted by Gasteiger charge is 2.15. The Hall–Kier alpha value is -1.46. The molecule has 0 spiro atoms. The number of amides is 1. The second-order valence-corrected chi connectivity index (χ2v) is 6.12. The molecule has 1 amide bonds. The number of anilines is 1. The van der Waals surface area contributed by atoms with Gasteiger partial charge >= 0.3 is 0 Å². The average molecular weight is 484 g/mol. The van der Waals surface area contributed by atoms with Gasteiger partial charge in [0.25, 0.3) is 5.91 Å². The number of carbonyl (C=O) groups is 1. The lowest BCUT2D eigenvalue weighted by molar-refractivity contribution is 0.0946. The normalized spacial score (nSPS) is 11.0. The van der Waals surface area contributed by atoms with Gasteiger partial charge in [-0.25, -0.2) is 10.1 Å². The number of carbonyl (C=O) groups excluding carboxylic acids is 1. The van der Waals surface area contributed by atoms with E-state index in [-0.39, 0.29) is 17.3 Å². The summed E-state index contributed by atoms with van der Waals surface area (Å²) in [7, 11) is 0. The molecule has 0 saturated carbocycles. The molecule has 0 aliphatic rings. The van der Waals surface area contributed by atoms with Gasteiger partial charge in [0.15, 0.2) is 0 Å². The zero-order chi connectivity index (χ0) is 15.6. The van der Waals surface area contributed by atoms with Gasteiger partial charge in [-0.05, 0) is 48.2 Å². The smallest absolute Gasteiger partial charge is 0.297 e. The number of nitrogens with zero attached hydrogens (tertiary/aromatic N) is 3. The number of hydrogen-bond donors (Lipinski definition) is 3. The first-order chi connectivity index (χ1) is 9.91. The lowest BCUT2D eigenvalue weighted by atomic mass is 10.2. The first-order valence-electron chi connectivity index (χ1n) is 5.19. The molecule has 0 bridgehead atoms. The van der Waals surface area contributed by atoms with Crippen LogP contribution in [0.1, 0.15) is 16.1 Å². The van der Waals surface area contributed by atoms with Crippen molar-refractivity contribution in [2.24, 2.45) is 5.10 Å². The fourth-order valence-electron chi connectivity index (χ4n) is 1.27. The Morgan fingerprint density at radius 1 is 1.38 bits per heavy atom. The highest BCUT2D eigenvalue weighted by Crippen LogP contribution is 2.38. The standard InChI is InChI=1S/C10H6Br3N5O3/c11-4-1-5(12)8(19)6(13)3(4)2-15-16-10(20)7-9(14)18-21-17-7/h1-2,19H,(H2,14,18)(H,16,20)/b15-2-. The minimum absolute atomic E-state index is 0.0101. The maximum absolute atomic E-state index is 11.7. The monoisotopic (exact) mass is 481 g/mol. The van der Waals surface area contributed by atoms with E-state index >= 15 is 0 Å². The number of phenolic OH excluding ortho intramolecular Hbond substituents is 1. The molecule has 8 nitrogen and oxygen atoms in total. The van der Waals surface area contributed by atoms with Crippen LogP contribution in [0.3, 0.4) is 0 Å². The molecular weight excluding hydrogens is 478 g/mol. The lowest BCUT2D eigenvalue weighted by Gasteiger charge is -2.06. The molecule has 0 saturated heterocycles. The van der Waals surface area contributed by atoms with Crippen molar-refractivity contribution in [3.05, 3.63) is 30.7 Å². The van der Waals surface area contributed by atoms with E-state index in [0.29, 0.717) is 19.0 Å². The molecule has 0 radical (unpaired) electrons. The highest BCUT2D eigenvalue weighted by atomic mass is 79.9. The first-order valence-corrected chi connectivity index (χ1v) is 7.57. The van der Waals surface area contributed by atoms with Crippen LogP contribution in [0.25, 0.3) is 0 Å². The van der Waals surface area contributed by atoms with Gasteiger partial charge in [-0.15, -0.1) is 0 Å². The van der Waals surface area contributed by atoms with Crippen molar-refractivity contribution in [1.82, 2.24) is 15.7 Å². The summed E-state index contributed by atoms with van der Waals surface area (Å²) in [6, 6.07) is 1.64. The Kier molecular flexibility index (Phi) is 4.96. The first kappa shape index (κ1) is 15.9. The van der Waals surface area contributed by atoms with Crippen LogP contribution in [0.4, 0.5) is 5.82 Å². The van der Waals surface area contributed by atoms with Crippen LogP contribution in [0.2, 0.25) is 0 Å². The van der Waals surface area contributed by atoms with Gasteiger partial charge < -0.3 is 10.8 Å². The van der Waals surface area contributed by atoms with E-state index in [1.54, 1.807) is 6.07 Å². The van der Waals surface area contributed by atoms with Gasteiger partial charge in [-0.3, -0.25) is 4.79 Å². The third-order valence-electron chi connectivity index (χ3n) is 2.27. The molecule has 2 aromatic rings. The number of aromatic nitrogens is 2. The Morgan fingerprint density at radius 3 is 2.71 bits per heavy atom. The number of aromatic hydroxyl groups is 1. The molecule has 0 unspecified atom stereocenters. The summed E-state index contributed by atoms with van der Waals surface area (Å²) in [6.07, 6.45) is 1.34. The summed E-state index contributed by atoms with van der Waals surface area (Å²) in [5.41, 5.74) is 7.96. The van der Waals surface area contributed by atoms with Gasteiger partial charge in [0.05, 0.1) is 15.2 Å². The van der Waals surface area contributed by atoms with Crippen LogP contribution in [-0.4, -0.2) is 27.5 Å². The minimum Gasteiger partial charge on any atom is -0.506 e. The maximum Gasteiger partial charge on any atom is 0.297 e. The number of rotatable bonds is 3. The number of nitrogen functional groups attached to an aromatic ring is 1. The Morgan fingerprint density at radius 2 is 2.10 bits per heavy atom. The van der Waals surface area contributed by atoms with Crippen LogP contribution in [0.5, 0.6) is 5.75 Å². The molecule has 1 aromatic heterocycles. The largest absolute Gasteiger partial charge is 0.506 e.